The second kappa shape index (κ2) is 5.86. The van der Waals surface area contributed by atoms with Crippen LogP contribution in [0.3, 0.4) is 0 Å². The maximum Gasteiger partial charge on any atom is 0.338 e. The van der Waals surface area contributed by atoms with Crippen molar-refractivity contribution in [3.05, 3.63) is 29.6 Å². The Bertz CT molecular complexity index is 456. The van der Waals surface area contributed by atoms with Gasteiger partial charge in [-0.05, 0) is 24.3 Å². The number of hydrogen-bond donors (Lipinski definition) is 1. The van der Waals surface area contributed by atoms with E-state index < -0.39 is 5.97 Å². The first kappa shape index (κ1) is 12.9. The van der Waals surface area contributed by atoms with Crippen LogP contribution in [-0.4, -0.2) is 51.5 Å². The number of amides is 1. The Morgan fingerprint density at radius 3 is 2.94 bits per heavy atom. The van der Waals surface area contributed by atoms with Crippen LogP contribution < -0.4 is 0 Å². The van der Waals surface area contributed by atoms with E-state index >= 15 is 0 Å². The smallest absolute Gasteiger partial charge is 0.338 e. The van der Waals surface area contributed by atoms with Crippen LogP contribution in [0, 0.1) is 0 Å². The zero-order chi connectivity index (χ0) is 13.0. The van der Waals surface area contributed by atoms with Crippen LogP contribution in [0.5, 0.6) is 0 Å². The molecule has 1 aliphatic rings. The minimum atomic E-state index is -1.12. The molecule has 1 aromatic heterocycles. The molecule has 0 aromatic carbocycles. The highest BCUT2D eigenvalue weighted by Gasteiger charge is 2.23. The third-order valence-electron chi connectivity index (χ3n) is 2.75. The number of aromatic nitrogens is 1. The number of pyridine rings is 1. The van der Waals surface area contributed by atoms with Gasteiger partial charge >= 0.3 is 5.97 Å². The first-order valence-corrected chi connectivity index (χ1v) is 6.91. The second-order valence-corrected chi connectivity index (χ2v) is 5.19. The van der Waals surface area contributed by atoms with Gasteiger partial charge in [0.1, 0.15) is 5.69 Å². The van der Waals surface area contributed by atoms with E-state index in [9.17, 15) is 9.59 Å². The molecule has 0 unspecified atom stereocenters. The minimum Gasteiger partial charge on any atom is -0.478 e. The second-order valence-electron chi connectivity index (χ2n) is 3.96. The van der Waals surface area contributed by atoms with Crippen molar-refractivity contribution in [2.45, 2.75) is 6.42 Å². The molecular formula is C12H14N2O3S. The number of thioether (sulfide) groups is 1. The molecule has 96 valence electrons. The average molecular weight is 266 g/mol. The van der Waals surface area contributed by atoms with Crippen LogP contribution in [0.25, 0.3) is 0 Å². The lowest BCUT2D eigenvalue weighted by Gasteiger charge is -2.20. The van der Waals surface area contributed by atoms with Gasteiger partial charge < -0.3 is 10.0 Å². The summed E-state index contributed by atoms with van der Waals surface area (Å²) in [7, 11) is 0. The van der Waals surface area contributed by atoms with Crippen LogP contribution in [0.1, 0.15) is 27.3 Å². The number of carbonyl (C=O) groups excluding carboxylic acids is 1. The maximum absolute atomic E-state index is 12.3. The van der Waals surface area contributed by atoms with Crippen molar-refractivity contribution in [2.24, 2.45) is 0 Å². The molecule has 5 nitrogen and oxygen atoms in total. The lowest BCUT2D eigenvalue weighted by atomic mass is 10.1. The van der Waals surface area contributed by atoms with Gasteiger partial charge in [0.15, 0.2) is 0 Å². The Hall–Kier alpha value is -1.56. The van der Waals surface area contributed by atoms with E-state index in [1.54, 1.807) is 4.90 Å². The summed E-state index contributed by atoms with van der Waals surface area (Å²) < 4.78 is 0. The Balaban J connectivity index is 2.24. The van der Waals surface area contributed by atoms with Crippen molar-refractivity contribution in [2.75, 3.05) is 24.6 Å². The summed E-state index contributed by atoms with van der Waals surface area (Å²) in [5.41, 5.74) is 0.0105. The molecule has 1 aliphatic heterocycles. The van der Waals surface area contributed by atoms with Crippen LogP contribution in [0.15, 0.2) is 18.3 Å². The molecule has 6 heteroatoms. The van der Waals surface area contributed by atoms with Crippen molar-refractivity contribution in [1.29, 1.82) is 0 Å². The normalized spacial score (nSPS) is 16.1. The number of rotatable bonds is 2. The zero-order valence-electron chi connectivity index (χ0n) is 9.83. The fourth-order valence-electron chi connectivity index (χ4n) is 1.85. The quantitative estimate of drug-likeness (QED) is 0.875. The number of aromatic carboxylic acids is 1. The summed E-state index contributed by atoms with van der Waals surface area (Å²) in [5.74, 6) is 0.532. The molecule has 0 radical (unpaired) electrons. The van der Waals surface area contributed by atoms with E-state index in [2.05, 4.69) is 4.98 Å². The van der Waals surface area contributed by atoms with Crippen molar-refractivity contribution in [1.82, 2.24) is 9.88 Å². The first-order chi connectivity index (χ1) is 8.70. The highest BCUT2D eigenvalue weighted by atomic mass is 32.2. The van der Waals surface area contributed by atoms with Gasteiger partial charge in [-0.2, -0.15) is 11.8 Å². The van der Waals surface area contributed by atoms with Gasteiger partial charge in [0.2, 0.25) is 0 Å². The van der Waals surface area contributed by atoms with E-state index in [1.807, 2.05) is 11.8 Å². The van der Waals surface area contributed by atoms with E-state index in [0.29, 0.717) is 13.1 Å². The van der Waals surface area contributed by atoms with Gasteiger partial charge in [-0.1, -0.05) is 0 Å². The van der Waals surface area contributed by atoms with Crippen molar-refractivity contribution < 1.29 is 14.7 Å². The molecule has 0 aliphatic carbocycles. The van der Waals surface area contributed by atoms with Crippen molar-refractivity contribution in [3.8, 4) is 0 Å². The molecule has 18 heavy (non-hydrogen) atoms. The highest BCUT2D eigenvalue weighted by Crippen LogP contribution is 2.14. The van der Waals surface area contributed by atoms with E-state index in [-0.39, 0.29) is 17.2 Å². The molecule has 0 atom stereocenters. The molecule has 2 heterocycles. The van der Waals surface area contributed by atoms with E-state index in [1.165, 1.54) is 18.3 Å². The Labute approximate surface area is 109 Å². The van der Waals surface area contributed by atoms with Crippen molar-refractivity contribution >= 4 is 23.6 Å². The third-order valence-corrected chi connectivity index (χ3v) is 3.80. The minimum absolute atomic E-state index is 0.0283. The SMILES string of the molecule is O=C(O)c1cccnc1C(=O)N1CCCSCC1. The topological polar surface area (TPSA) is 70.5 Å². The molecule has 1 N–H and O–H groups in total. The van der Waals surface area contributed by atoms with Gasteiger partial charge in [-0.25, -0.2) is 4.79 Å². The summed E-state index contributed by atoms with van der Waals surface area (Å²) >= 11 is 1.81. The Morgan fingerprint density at radius 1 is 1.33 bits per heavy atom. The van der Waals surface area contributed by atoms with Gasteiger partial charge in [0, 0.05) is 25.0 Å². The lowest BCUT2D eigenvalue weighted by Crippen LogP contribution is -2.34. The number of nitrogens with zero attached hydrogens (tertiary/aromatic N) is 2. The first-order valence-electron chi connectivity index (χ1n) is 5.75. The van der Waals surface area contributed by atoms with E-state index in [4.69, 9.17) is 5.11 Å². The summed E-state index contributed by atoms with van der Waals surface area (Å²) in [6, 6.07) is 2.94. The average Bonchev–Trinajstić information content (AvgIpc) is 2.66. The molecule has 1 fully saturated rings. The van der Waals surface area contributed by atoms with Crippen molar-refractivity contribution in [3.63, 3.8) is 0 Å². The monoisotopic (exact) mass is 266 g/mol. The highest BCUT2D eigenvalue weighted by molar-refractivity contribution is 7.99. The zero-order valence-corrected chi connectivity index (χ0v) is 10.7. The largest absolute Gasteiger partial charge is 0.478 e. The maximum atomic E-state index is 12.3. The van der Waals surface area contributed by atoms with Crippen LogP contribution in [-0.2, 0) is 0 Å². The van der Waals surface area contributed by atoms with Crippen LogP contribution in [0.2, 0.25) is 0 Å². The molecule has 1 aromatic rings. The predicted molar refractivity (Wildman–Crippen MR) is 69.0 cm³/mol. The summed E-state index contributed by atoms with van der Waals surface area (Å²) in [6.07, 6.45) is 2.39. The molecule has 1 saturated heterocycles. The molecule has 0 saturated carbocycles. The molecule has 0 bridgehead atoms. The molecule has 2 rings (SSSR count). The lowest BCUT2D eigenvalue weighted by molar-refractivity contribution is 0.0674. The van der Waals surface area contributed by atoms with Gasteiger partial charge in [0.25, 0.3) is 5.91 Å². The number of carboxylic acid groups (broad SMARTS) is 1. The summed E-state index contributed by atoms with van der Waals surface area (Å²) in [4.78, 5) is 28.9. The molecular weight excluding hydrogens is 252 g/mol. The van der Waals surface area contributed by atoms with Gasteiger partial charge in [-0.15, -0.1) is 0 Å². The Morgan fingerprint density at radius 2 is 2.17 bits per heavy atom. The fraction of sp³-hybridized carbons (Fsp3) is 0.417. The number of carbonyl (C=O) groups is 2. The standard InChI is InChI=1S/C12H14N2O3S/c15-11(14-5-2-7-18-8-6-14)10-9(12(16)17)3-1-4-13-10/h1,3-4H,2,5-8H2,(H,16,17). The fourth-order valence-corrected chi connectivity index (χ4v) is 2.73. The predicted octanol–water partition coefficient (Wildman–Crippen LogP) is 1.36. The van der Waals surface area contributed by atoms with Gasteiger partial charge in [-0.3, -0.25) is 9.78 Å². The number of carboxylic acids is 1. The summed E-state index contributed by atoms with van der Waals surface area (Å²) in [5, 5.41) is 9.05. The van der Waals surface area contributed by atoms with Crippen LogP contribution >= 0.6 is 11.8 Å². The molecule has 1 amide bonds. The van der Waals surface area contributed by atoms with Crippen LogP contribution in [0.4, 0.5) is 0 Å². The number of hydrogen-bond acceptors (Lipinski definition) is 4. The summed E-state index contributed by atoms with van der Waals surface area (Å²) in [6.45, 7) is 1.32. The third kappa shape index (κ3) is 2.81. The van der Waals surface area contributed by atoms with E-state index in [0.717, 1.165) is 17.9 Å². The molecule has 0 spiro atoms. The Kier molecular flexibility index (Phi) is 4.19. The van der Waals surface area contributed by atoms with Gasteiger partial charge in [0.05, 0.1) is 5.56 Å².